The van der Waals surface area contributed by atoms with Gasteiger partial charge < -0.3 is 10.6 Å². The van der Waals surface area contributed by atoms with Crippen LogP contribution in [0.15, 0.2) is 18.2 Å². The van der Waals surface area contributed by atoms with Crippen LogP contribution >= 0.6 is 35.6 Å². The summed E-state index contributed by atoms with van der Waals surface area (Å²) in [5, 5.41) is 0.774. The standard InChI is InChI=1S/C11H12Cl2N2O.ClH/c12-8-2-1-3-9(13)10(8)11(16)15-5-4-7(14)6-15;/h1-3,7H,4-6,14H2;1H/t7-;/m0./s1. The van der Waals surface area contributed by atoms with Gasteiger partial charge in [-0.2, -0.15) is 0 Å². The summed E-state index contributed by atoms with van der Waals surface area (Å²) < 4.78 is 0. The third kappa shape index (κ3) is 3.05. The van der Waals surface area contributed by atoms with Crippen molar-refractivity contribution in [2.45, 2.75) is 12.5 Å². The number of carbonyl (C=O) groups excluding carboxylic acids is 1. The van der Waals surface area contributed by atoms with Crippen LogP contribution in [0.25, 0.3) is 0 Å². The van der Waals surface area contributed by atoms with Crippen LogP contribution in [0.5, 0.6) is 0 Å². The second-order valence-electron chi connectivity index (χ2n) is 3.90. The molecule has 1 aromatic rings. The summed E-state index contributed by atoms with van der Waals surface area (Å²) in [5.74, 6) is -0.136. The number of nitrogens with two attached hydrogens (primary N) is 1. The molecular weight excluding hydrogens is 282 g/mol. The van der Waals surface area contributed by atoms with E-state index < -0.39 is 0 Å². The van der Waals surface area contributed by atoms with Crippen molar-refractivity contribution in [1.29, 1.82) is 0 Å². The molecule has 1 fully saturated rings. The first-order valence-electron chi connectivity index (χ1n) is 5.08. The van der Waals surface area contributed by atoms with Crippen LogP contribution in [-0.4, -0.2) is 29.9 Å². The number of benzene rings is 1. The minimum Gasteiger partial charge on any atom is -0.337 e. The van der Waals surface area contributed by atoms with Crippen LogP contribution in [-0.2, 0) is 0 Å². The first kappa shape index (κ1) is 14.6. The topological polar surface area (TPSA) is 46.3 Å². The highest BCUT2D eigenvalue weighted by Crippen LogP contribution is 2.26. The second kappa shape index (κ2) is 5.91. The van der Waals surface area contributed by atoms with Crippen LogP contribution in [0.2, 0.25) is 10.0 Å². The molecular formula is C11H13Cl3N2O. The number of rotatable bonds is 1. The van der Waals surface area contributed by atoms with Gasteiger partial charge in [-0.15, -0.1) is 12.4 Å². The molecule has 1 heterocycles. The van der Waals surface area contributed by atoms with Gasteiger partial charge in [-0.1, -0.05) is 29.3 Å². The molecule has 1 atom stereocenters. The highest BCUT2D eigenvalue weighted by Gasteiger charge is 2.27. The zero-order valence-corrected chi connectivity index (χ0v) is 11.4. The Morgan fingerprint density at radius 2 is 1.94 bits per heavy atom. The van der Waals surface area contributed by atoms with E-state index in [4.69, 9.17) is 28.9 Å². The fourth-order valence-electron chi connectivity index (χ4n) is 1.83. The van der Waals surface area contributed by atoms with Gasteiger partial charge in [0.25, 0.3) is 5.91 Å². The van der Waals surface area contributed by atoms with Crippen LogP contribution in [0.4, 0.5) is 0 Å². The van der Waals surface area contributed by atoms with Gasteiger partial charge in [-0.25, -0.2) is 0 Å². The Morgan fingerprint density at radius 3 is 2.41 bits per heavy atom. The van der Waals surface area contributed by atoms with Crippen LogP contribution in [0, 0.1) is 0 Å². The summed E-state index contributed by atoms with van der Waals surface area (Å²) in [4.78, 5) is 13.8. The second-order valence-corrected chi connectivity index (χ2v) is 4.71. The van der Waals surface area contributed by atoms with Gasteiger partial charge >= 0.3 is 0 Å². The maximum absolute atomic E-state index is 12.1. The summed E-state index contributed by atoms with van der Waals surface area (Å²) >= 11 is 12.0. The third-order valence-corrected chi connectivity index (χ3v) is 3.32. The van der Waals surface area contributed by atoms with Crippen molar-refractivity contribution in [3.05, 3.63) is 33.8 Å². The normalized spacial score (nSPS) is 19.0. The molecule has 17 heavy (non-hydrogen) atoms. The molecule has 0 aromatic heterocycles. The molecule has 0 unspecified atom stereocenters. The molecule has 3 nitrogen and oxygen atoms in total. The van der Waals surface area contributed by atoms with Gasteiger partial charge in [0.05, 0.1) is 15.6 Å². The molecule has 0 saturated carbocycles. The van der Waals surface area contributed by atoms with Crippen molar-refractivity contribution >= 4 is 41.5 Å². The van der Waals surface area contributed by atoms with Crippen LogP contribution in [0.1, 0.15) is 16.8 Å². The van der Waals surface area contributed by atoms with Crippen molar-refractivity contribution < 1.29 is 4.79 Å². The summed E-state index contributed by atoms with van der Waals surface area (Å²) in [6.45, 7) is 1.24. The molecule has 1 saturated heterocycles. The van der Waals surface area contributed by atoms with Crippen molar-refractivity contribution in [3.8, 4) is 0 Å². The molecule has 1 aliphatic rings. The highest BCUT2D eigenvalue weighted by molar-refractivity contribution is 6.39. The average molecular weight is 296 g/mol. The lowest BCUT2D eigenvalue weighted by Crippen LogP contribution is -2.32. The summed E-state index contributed by atoms with van der Waals surface area (Å²) in [6, 6.07) is 5.11. The van der Waals surface area contributed by atoms with Crippen molar-refractivity contribution in [2.24, 2.45) is 5.73 Å². The maximum Gasteiger partial charge on any atom is 0.256 e. The number of amides is 1. The van der Waals surface area contributed by atoms with Crippen LogP contribution < -0.4 is 5.73 Å². The Balaban J connectivity index is 0.00000144. The molecule has 94 valence electrons. The number of nitrogens with zero attached hydrogens (tertiary/aromatic N) is 1. The maximum atomic E-state index is 12.1. The summed E-state index contributed by atoms with van der Waals surface area (Å²) in [7, 11) is 0. The monoisotopic (exact) mass is 294 g/mol. The van der Waals surface area contributed by atoms with Gasteiger partial charge in [0.1, 0.15) is 0 Å². The lowest BCUT2D eigenvalue weighted by atomic mass is 10.2. The fourth-order valence-corrected chi connectivity index (χ4v) is 2.39. The molecule has 0 aliphatic carbocycles. The summed E-state index contributed by atoms with van der Waals surface area (Å²) in [5.41, 5.74) is 6.13. The Labute approximate surface area is 116 Å². The molecule has 1 aromatic carbocycles. The molecule has 1 amide bonds. The van der Waals surface area contributed by atoms with Crippen molar-refractivity contribution in [3.63, 3.8) is 0 Å². The fraction of sp³-hybridized carbons (Fsp3) is 0.364. The number of carbonyl (C=O) groups is 1. The Kier molecular flexibility index (Phi) is 5.07. The Hall–Kier alpha value is -0.480. The van der Waals surface area contributed by atoms with E-state index in [-0.39, 0.29) is 24.4 Å². The molecule has 0 radical (unpaired) electrons. The molecule has 1 aliphatic heterocycles. The molecule has 6 heteroatoms. The highest BCUT2D eigenvalue weighted by atomic mass is 35.5. The van der Waals surface area contributed by atoms with Gasteiger partial charge in [0.15, 0.2) is 0 Å². The zero-order valence-electron chi connectivity index (χ0n) is 9.03. The first-order valence-corrected chi connectivity index (χ1v) is 5.84. The zero-order chi connectivity index (χ0) is 11.7. The molecule has 2 rings (SSSR count). The Morgan fingerprint density at radius 1 is 1.35 bits per heavy atom. The lowest BCUT2D eigenvalue weighted by Gasteiger charge is -2.17. The van der Waals surface area contributed by atoms with Gasteiger partial charge in [0.2, 0.25) is 0 Å². The van der Waals surface area contributed by atoms with E-state index in [0.29, 0.717) is 28.7 Å². The minimum atomic E-state index is -0.136. The Bertz CT molecular complexity index is 405. The number of hydrogen-bond acceptors (Lipinski definition) is 2. The minimum absolute atomic E-state index is 0. The van der Waals surface area contributed by atoms with Crippen LogP contribution in [0.3, 0.4) is 0 Å². The predicted octanol–water partition coefficient (Wildman–Crippen LogP) is 2.59. The average Bonchev–Trinajstić information content (AvgIpc) is 2.64. The van der Waals surface area contributed by atoms with Gasteiger partial charge in [-0.3, -0.25) is 4.79 Å². The van der Waals surface area contributed by atoms with Crippen molar-refractivity contribution in [1.82, 2.24) is 4.90 Å². The molecule has 0 spiro atoms. The molecule has 0 bridgehead atoms. The largest absolute Gasteiger partial charge is 0.337 e. The number of hydrogen-bond donors (Lipinski definition) is 1. The van der Waals surface area contributed by atoms with E-state index in [1.807, 2.05) is 0 Å². The first-order chi connectivity index (χ1) is 7.59. The smallest absolute Gasteiger partial charge is 0.256 e. The SMILES string of the molecule is Cl.N[C@H]1CCN(C(=O)c2c(Cl)cccc2Cl)C1. The van der Waals surface area contributed by atoms with Gasteiger partial charge in [0, 0.05) is 19.1 Å². The van der Waals surface area contributed by atoms with E-state index in [1.165, 1.54) is 0 Å². The van der Waals surface area contributed by atoms with Gasteiger partial charge in [-0.05, 0) is 18.6 Å². The number of likely N-dealkylation sites (tertiary alicyclic amines) is 1. The predicted molar refractivity (Wildman–Crippen MR) is 72.2 cm³/mol. The molecule has 2 N–H and O–H groups in total. The van der Waals surface area contributed by atoms with E-state index in [9.17, 15) is 4.79 Å². The summed E-state index contributed by atoms with van der Waals surface area (Å²) in [6.07, 6.45) is 0.827. The van der Waals surface area contributed by atoms with Crippen molar-refractivity contribution in [2.75, 3.05) is 13.1 Å². The van der Waals surface area contributed by atoms with E-state index in [2.05, 4.69) is 0 Å². The third-order valence-electron chi connectivity index (χ3n) is 2.69. The van der Waals surface area contributed by atoms with E-state index in [0.717, 1.165) is 6.42 Å². The lowest BCUT2D eigenvalue weighted by molar-refractivity contribution is 0.0791. The number of halogens is 3. The quantitative estimate of drug-likeness (QED) is 0.865. The van der Waals surface area contributed by atoms with E-state index in [1.54, 1.807) is 23.1 Å². The van der Waals surface area contributed by atoms with E-state index >= 15 is 0 Å².